The van der Waals surface area contributed by atoms with E-state index in [0.29, 0.717) is 0 Å². The van der Waals surface area contributed by atoms with Crippen molar-refractivity contribution in [2.24, 2.45) is 0 Å². The van der Waals surface area contributed by atoms with Crippen molar-refractivity contribution in [3.05, 3.63) is 138 Å². The van der Waals surface area contributed by atoms with Crippen LogP contribution in [-0.2, 0) is 10.2 Å². The van der Waals surface area contributed by atoms with Crippen LogP contribution in [0, 0.1) is 0 Å². The quantitative estimate of drug-likeness (QED) is 0.295. The summed E-state index contributed by atoms with van der Waals surface area (Å²) in [5.41, 5.74) is 4.90. The Morgan fingerprint density at radius 1 is 0.600 bits per heavy atom. The van der Waals surface area contributed by atoms with Crippen molar-refractivity contribution in [1.29, 1.82) is 0 Å². The van der Waals surface area contributed by atoms with E-state index in [1.807, 2.05) is 30.3 Å². The number of alkyl halides is 1. The van der Waals surface area contributed by atoms with Crippen LogP contribution in [0.4, 0.5) is 5.69 Å². The minimum absolute atomic E-state index is 0.0657. The van der Waals surface area contributed by atoms with Gasteiger partial charge >= 0.3 is 0 Å². The van der Waals surface area contributed by atoms with E-state index in [0.717, 1.165) is 11.3 Å². The Morgan fingerprint density at radius 2 is 0.967 bits per heavy atom. The van der Waals surface area contributed by atoms with Crippen LogP contribution in [0.15, 0.2) is 115 Å². The van der Waals surface area contributed by atoms with Gasteiger partial charge in [0.1, 0.15) is 5.88 Å². The van der Waals surface area contributed by atoms with Gasteiger partial charge in [-0.05, 0) is 34.4 Å². The third-order valence-corrected chi connectivity index (χ3v) is 5.59. The lowest BCUT2D eigenvalue weighted by molar-refractivity contribution is -0.113. The number of carbonyl (C=O) groups excluding carboxylic acids is 1. The smallest absolute Gasteiger partial charge is 0.239 e. The molecule has 1 N–H and O–H groups in total. The molecule has 0 bridgehead atoms. The summed E-state index contributed by atoms with van der Waals surface area (Å²) >= 11 is 5.63. The van der Waals surface area contributed by atoms with E-state index >= 15 is 0 Å². The van der Waals surface area contributed by atoms with E-state index in [1.165, 1.54) is 16.7 Å². The van der Waals surface area contributed by atoms with Gasteiger partial charge in [0.2, 0.25) is 5.91 Å². The zero-order valence-electron chi connectivity index (χ0n) is 16.5. The number of amides is 1. The lowest BCUT2D eigenvalue weighted by Crippen LogP contribution is -2.31. The van der Waals surface area contributed by atoms with Crippen LogP contribution in [-0.4, -0.2) is 11.8 Å². The highest BCUT2D eigenvalue weighted by Crippen LogP contribution is 2.45. The molecule has 4 aromatic carbocycles. The Labute approximate surface area is 182 Å². The highest BCUT2D eigenvalue weighted by Gasteiger charge is 2.38. The molecule has 0 heterocycles. The molecule has 0 saturated heterocycles. The molecular weight excluding hydrogens is 390 g/mol. The van der Waals surface area contributed by atoms with Gasteiger partial charge in [-0.15, -0.1) is 11.6 Å². The first-order chi connectivity index (χ1) is 14.7. The van der Waals surface area contributed by atoms with E-state index in [4.69, 9.17) is 11.6 Å². The summed E-state index contributed by atoms with van der Waals surface area (Å²) in [6, 6.07) is 39.6. The number of nitrogens with one attached hydrogen (secondary N) is 1. The topological polar surface area (TPSA) is 29.1 Å². The van der Waals surface area contributed by atoms with Gasteiger partial charge < -0.3 is 5.32 Å². The molecule has 0 aliphatic heterocycles. The second-order valence-corrected chi connectivity index (χ2v) is 7.37. The Hall–Kier alpha value is -3.36. The van der Waals surface area contributed by atoms with Crippen LogP contribution < -0.4 is 5.32 Å². The summed E-state index contributed by atoms with van der Waals surface area (Å²) in [7, 11) is 0. The number of hydrogen-bond donors (Lipinski definition) is 1. The Balaban J connectivity index is 1.97. The van der Waals surface area contributed by atoms with Gasteiger partial charge in [0.15, 0.2) is 0 Å². The first-order valence-electron chi connectivity index (χ1n) is 9.88. The third kappa shape index (κ3) is 3.74. The zero-order chi connectivity index (χ0) is 20.8. The molecule has 4 aromatic rings. The van der Waals surface area contributed by atoms with Gasteiger partial charge in [-0.2, -0.15) is 0 Å². The van der Waals surface area contributed by atoms with E-state index < -0.39 is 5.41 Å². The van der Waals surface area contributed by atoms with E-state index in [1.54, 1.807) is 0 Å². The largest absolute Gasteiger partial charge is 0.325 e. The predicted octanol–water partition coefficient (Wildman–Crippen LogP) is 6.25. The molecule has 30 heavy (non-hydrogen) atoms. The maximum absolute atomic E-state index is 11.7. The fourth-order valence-corrected chi connectivity index (χ4v) is 4.13. The lowest BCUT2D eigenvalue weighted by Gasteiger charge is -2.37. The maximum atomic E-state index is 11.7. The monoisotopic (exact) mass is 411 g/mol. The highest BCUT2D eigenvalue weighted by atomic mass is 35.5. The summed E-state index contributed by atoms with van der Waals surface area (Å²) in [5, 5.41) is 2.82. The lowest BCUT2D eigenvalue weighted by atomic mass is 9.65. The summed E-state index contributed by atoms with van der Waals surface area (Å²) < 4.78 is 0. The molecule has 0 aromatic heterocycles. The molecule has 0 fully saturated rings. The Bertz CT molecular complexity index is 997. The van der Waals surface area contributed by atoms with Crippen LogP contribution in [0.5, 0.6) is 0 Å². The molecule has 3 heteroatoms. The number of benzene rings is 4. The van der Waals surface area contributed by atoms with Crippen molar-refractivity contribution in [3.8, 4) is 0 Å². The SMILES string of the molecule is O=C(CCl)Nc1ccc(C(c2ccccc2)(c2ccccc2)c2ccccc2)cc1. The fraction of sp³-hybridized carbons (Fsp3) is 0.0741. The number of carbonyl (C=O) groups is 1. The first-order valence-corrected chi connectivity index (χ1v) is 10.4. The molecule has 0 spiro atoms. The van der Waals surface area contributed by atoms with E-state index in [9.17, 15) is 4.79 Å². The minimum atomic E-state index is -0.487. The van der Waals surface area contributed by atoms with Gasteiger partial charge in [-0.1, -0.05) is 103 Å². The molecular formula is C27H22ClNO. The first kappa shape index (κ1) is 19.9. The molecule has 0 radical (unpaired) electrons. The van der Waals surface area contributed by atoms with Crippen molar-refractivity contribution >= 4 is 23.2 Å². The van der Waals surface area contributed by atoms with Gasteiger partial charge in [0, 0.05) is 5.69 Å². The van der Waals surface area contributed by atoms with Crippen LogP contribution in [0.2, 0.25) is 0 Å². The molecule has 2 nitrogen and oxygen atoms in total. The minimum Gasteiger partial charge on any atom is -0.325 e. The van der Waals surface area contributed by atoms with Gasteiger partial charge in [-0.25, -0.2) is 0 Å². The second-order valence-electron chi connectivity index (χ2n) is 7.11. The maximum Gasteiger partial charge on any atom is 0.239 e. The summed E-state index contributed by atoms with van der Waals surface area (Å²) in [5.74, 6) is -0.283. The molecule has 0 aliphatic rings. The standard InChI is InChI=1S/C27H22ClNO/c28-20-26(30)29-25-18-16-24(17-19-25)27(21-10-4-1-5-11-21,22-12-6-2-7-13-22)23-14-8-3-9-15-23/h1-19H,20H2,(H,29,30). The van der Waals surface area contributed by atoms with Crippen molar-refractivity contribution in [2.75, 3.05) is 11.2 Å². The van der Waals surface area contributed by atoms with Crippen LogP contribution in [0.1, 0.15) is 22.3 Å². The summed E-state index contributed by atoms with van der Waals surface area (Å²) in [6.07, 6.45) is 0. The molecule has 0 saturated carbocycles. The molecule has 0 atom stereocenters. The number of anilines is 1. The van der Waals surface area contributed by atoms with Crippen LogP contribution in [0.25, 0.3) is 0 Å². The molecule has 1 amide bonds. The van der Waals surface area contributed by atoms with Crippen molar-refractivity contribution in [3.63, 3.8) is 0 Å². The van der Waals surface area contributed by atoms with Crippen LogP contribution >= 0.6 is 11.6 Å². The molecule has 0 unspecified atom stereocenters. The average molecular weight is 412 g/mol. The summed E-state index contributed by atoms with van der Waals surface area (Å²) in [4.78, 5) is 11.7. The molecule has 0 aliphatic carbocycles. The number of rotatable bonds is 6. The normalized spacial score (nSPS) is 11.1. The van der Waals surface area contributed by atoms with Gasteiger partial charge in [0.25, 0.3) is 0 Å². The highest BCUT2D eigenvalue weighted by molar-refractivity contribution is 6.29. The Morgan fingerprint density at radius 3 is 1.33 bits per heavy atom. The molecule has 148 valence electrons. The van der Waals surface area contributed by atoms with Gasteiger partial charge in [-0.3, -0.25) is 4.79 Å². The zero-order valence-corrected chi connectivity index (χ0v) is 17.2. The predicted molar refractivity (Wildman–Crippen MR) is 124 cm³/mol. The van der Waals surface area contributed by atoms with Crippen molar-refractivity contribution in [1.82, 2.24) is 0 Å². The second kappa shape index (κ2) is 8.98. The van der Waals surface area contributed by atoms with E-state index in [-0.39, 0.29) is 11.8 Å². The Kier molecular flexibility index (Phi) is 5.97. The van der Waals surface area contributed by atoms with E-state index in [2.05, 4.69) is 90.2 Å². The van der Waals surface area contributed by atoms with Crippen molar-refractivity contribution in [2.45, 2.75) is 5.41 Å². The fourth-order valence-electron chi connectivity index (χ4n) is 4.06. The average Bonchev–Trinajstić information content (AvgIpc) is 2.83. The molecule has 4 rings (SSSR count). The summed E-state index contributed by atoms with van der Waals surface area (Å²) in [6.45, 7) is 0. The van der Waals surface area contributed by atoms with Crippen LogP contribution in [0.3, 0.4) is 0 Å². The number of halogens is 1. The van der Waals surface area contributed by atoms with Crippen molar-refractivity contribution < 1.29 is 4.79 Å². The van der Waals surface area contributed by atoms with Gasteiger partial charge in [0.05, 0.1) is 5.41 Å². The third-order valence-electron chi connectivity index (χ3n) is 5.34. The number of hydrogen-bond acceptors (Lipinski definition) is 1.